The van der Waals surface area contributed by atoms with E-state index in [0.717, 1.165) is 18.4 Å². The molecule has 1 aromatic heterocycles. The molecule has 0 spiro atoms. The summed E-state index contributed by atoms with van der Waals surface area (Å²) in [6, 6.07) is 12.8. The lowest BCUT2D eigenvalue weighted by Gasteiger charge is -2.31. The fourth-order valence-corrected chi connectivity index (χ4v) is 3.12. The van der Waals surface area contributed by atoms with Crippen molar-refractivity contribution in [3.63, 3.8) is 0 Å². The number of nitriles is 1. The highest BCUT2D eigenvalue weighted by atomic mass is 16.2. The number of carbonyl (C=O) groups is 2. The lowest BCUT2D eigenvalue weighted by Crippen LogP contribution is -2.44. The number of benzene rings is 1. The molecule has 2 heterocycles. The van der Waals surface area contributed by atoms with Gasteiger partial charge in [-0.25, -0.2) is 4.98 Å². The Hall–Kier alpha value is -3.20. The van der Waals surface area contributed by atoms with Crippen LogP contribution in [0.1, 0.15) is 28.9 Å². The van der Waals surface area contributed by atoms with Gasteiger partial charge in [0.2, 0.25) is 5.91 Å². The summed E-state index contributed by atoms with van der Waals surface area (Å²) < 4.78 is 0. The molecule has 0 unspecified atom stereocenters. The zero-order chi connectivity index (χ0) is 17.8. The van der Waals surface area contributed by atoms with E-state index in [1.54, 1.807) is 41.4 Å². The highest BCUT2D eigenvalue weighted by Gasteiger charge is 2.27. The quantitative estimate of drug-likeness (QED) is 0.927. The van der Waals surface area contributed by atoms with Crippen molar-refractivity contribution < 1.29 is 9.59 Å². The summed E-state index contributed by atoms with van der Waals surface area (Å²) >= 11 is 0. The van der Waals surface area contributed by atoms with Crippen LogP contribution in [0.3, 0.4) is 0 Å². The fourth-order valence-electron chi connectivity index (χ4n) is 3.12. The van der Waals surface area contributed by atoms with Crippen molar-refractivity contribution in [2.45, 2.75) is 12.8 Å². The molecule has 0 aliphatic carbocycles. The van der Waals surface area contributed by atoms with Crippen molar-refractivity contribution in [2.75, 3.05) is 13.1 Å². The van der Waals surface area contributed by atoms with Gasteiger partial charge >= 0.3 is 0 Å². The van der Waals surface area contributed by atoms with E-state index < -0.39 is 0 Å². The monoisotopic (exact) mass is 334 g/mol. The number of carbonyl (C=O) groups excluding carboxylic acids is 2. The largest absolute Gasteiger partial charge is 0.369 e. The van der Waals surface area contributed by atoms with Gasteiger partial charge in [0.1, 0.15) is 11.8 Å². The SMILES string of the molecule is N#Cc1ncccc1-c1cccc(C(=O)N2CCC[C@@H](C(N)=O)C2)c1. The van der Waals surface area contributed by atoms with Gasteiger partial charge in [-0.2, -0.15) is 5.26 Å². The first-order valence-corrected chi connectivity index (χ1v) is 8.14. The molecule has 126 valence electrons. The zero-order valence-electron chi connectivity index (χ0n) is 13.7. The second-order valence-electron chi connectivity index (χ2n) is 6.08. The predicted molar refractivity (Wildman–Crippen MR) is 92.2 cm³/mol. The maximum absolute atomic E-state index is 12.8. The topological polar surface area (TPSA) is 100 Å². The third-order valence-electron chi connectivity index (χ3n) is 4.45. The van der Waals surface area contributed by atoms with Gasteiger partial charge < -0.3 is 10.6 Å². The number of aromatic nitrogens is 1. The smallest absolute Gasteiger partial charge is 0.253 e. The molecule has 1 saturated heterocycles. The second-order valence-corrected chi connectivity index (χ2v) is 6.08. The molecule has 2 amide bonds. The number of primary amides is 1. The molecule has 0 radical (unpaired) electrons. The van der Waals surface area contributed by atoms with E-state index in [9.17, 15) is 14.9 Å². The summed E-state index contributed by atoms with van der Waals surface area (Å²) in [6.07, 6.45) is 3.05. The number of nitrogens with zero attached hydrogens (tertiary/aromatic N) is 3. The molecule has 2 N–H and O–H groups in total. The highest BCUT2D eigenvalue weighted by Crippen LogP contribution is 2.24. The number of hydrogen-bond acceptors (Lipinski definition) is 4. The summed E-state index contributed by atoms with van der Waals surface area (Å²) in [5.41, 5.74) is 7.68. The molecule has 1 aromatic carbocycles. The minimum absolute atomic E-state index is 0.129. The van der Waals surface area contributed by atoms with Crippen molar-refractivity contribution in [1.29, 1.82) is 5.26 Å². The lowest BCUT2D eigenvalue weighted by molar-refractivity contribution is -0.123. The van der Waals surface area contributed by atoms with Crippen LogP contribution in [0.2, 0.25) is 0 Å². The molecule has 1 aliphatic rings. The van der Waals surface area contributed by atoms with E-state index in [-0.39, 0.29) is 17.7 Å². The van der Waals surface area contributed by atoms with Crippen molar-refractivity contribution in [3.05, 3.63) is 53.9 Å². The zero-order valence-corrected chi connectivity index (χ0v) is 13.7. The molecule has 1 atom stereocenters. The minimum atomic E-state index is -0.361. The van der Waals surface area contributed by atoms with Crippen molar-refractivity contribution in [2.24, 2.45) is 11.7 Å². The first-order chi connectivity index (χ1) is 12.1. The van der Waals surface area contributed by atoms with Gasteiger partial charge in [-0.05, 0) is 42.7 Å². The van der Waals surface area contributed by atoms with E-state index in [2.05, 4.69) is 11.1 Å². The Morgan fingerprint density at radius 3 is 2.88 bits per heavy atom. The average Bonchev–Trinajstić information content (AvgIpc) is 2.67. The maximum atomic E-state index is 12.8. The summed E-state index contributed by atoms with van der Waals surface area (Å²) in [5.74, 6) is -0.778. The van der Waals surface area contributed by atoms with Crippen LogP contribution in [0.4, 0.5) is 0 Å². The molecule has 6 nitrogen and oxygen atoms in total. The Labute approximate surface area is 145 Å². The average molecular weight is 334 g/mol. The molecule has 1 fully saturated rings. The van der Waals surface area contributed by atoms with E-state index in [0.29, 0.717) is 29.9 Å². The highest BCUT2D eigenvalue weighted by molar-refractivity contribution is 5.96. The Balaban J connectivity index is 1.88. The molecular weight excluding hydrogens is 316 g/mol. The van der Waals surface area contributed by atoms with E-state index in [1.807, 2.05) is 6.07 Å². The van der Waals surface area contributed by atoms with Crippen molar-refractivity contribution >= 4 is 11.8 Å². The number of amides is 2. The van der Waals surface area contributed by atoms with Gasteiger partial charge in [0.25, 0.3) is 5.91 Å². The number of rotatable bonds is 3. The van der Waals surface area contributed by atoms with Crippen molar-refractivity contribution in [1.82, 2.24) is 9.88 Å². The van der Waals surface area contributed by atoms with Crippen LogP contribution < -0.4 is 5.73 Å². The lowest BCUT2D eigenvalue weighted by atomic mass is 9.96. The van der Waals surface area contributed by atoms with E-state index in [4.69, 9.17) is 5.73 Å². The third-order valence-corrected chi connectivity index (χ3v) is 4.45. The van der Waals surface area contributed by atoms with E-state index in [1.165, 1.54) is 0 Å². The molecular formula is C19H18N4O2. The Bertz CT molecular complexity index is 856. The number of pyridine rings is 1. The van der Waals surface area contributed by atoms with Crippen LogP contribution >= 0.6 is 0 Å². The normalized spacial score (nSPS) is 16.9. The fraction of sp³-hybridized carbons (Fsp3) is 0.263. The van der Waals surface area contributed by atoms with Crippen LogP contribution in [0.25, 0.3) is 11.1 Å². The maximum Gasteiger partial charge on any atom is 0.253 e. The van der Waals surface area contributed by atoms with Gasteiger partial charge in [-0.15, -0.1) is 0 Å². The van der Waals surface area contributed by atoms with Crippen LogP contribution in [-0.2, 0) is 4.79 Å². The first-order valence-electron chi connectivity index (χ1n) is 8.14. The predicted octanol–water partition coefficient (Wildman–Crippen LogP) is 1.96. The minimum Gasteiger partial charge on any atom is -0.369 e. The molecule has 25 heavy (non-hydrogen) atoms. The van der Waals surface area contributed by atoms with Crippen LogP contribution in [0.5, 0.6) is 0 Å². The van der Waals surface area contributed by atoms with Gasteiger partial charge in [-0.3, -0.25) is 9.59 Å². The third kappa shape index (κ3) is 3.50. The molecule has 1 aliphatic heterocycles. The summed E-state index contributed by atoms with van der Waals surface area (Å²) in [5, 5.41) is 9.21. The molecule has 0 saturated carbocycles. The Morgan fingerprint density at radius 2 is 2.12 bits per heavy atom. The Morgan fingerprint density at radius 1 is 1.28 bits per heavy atom. The number of hydrogen-bond donors (Lipinski definition) is 1. The second kappa shape index (κ2) is 7.14. The first kappa shape index (κ1) is 16.7. The summed E-state index contributed by atoms with van der Waals surface area (Å²) in [6.45, 7) is 0.970. The van der Waals surface area contributed by atoms with Gasteiger partial charge in [-0.1, -0.05) is 12.1 Å². The van der Waals surface area contributed by atoms with Gasteiger partial charge in [0, 0.05) is 30.4 Å². The van der Waals surface area contributed by atoms with Crippen LogP contribution in [-0.4, -0.2) is 34.8 Å². The summed E-state index contributed by atoms with van der Waals surface area (Å²) in [7, 11) is 0. The molecule has 6 heteroatoms. The molecule has 2 aromatic rings. The van der Waals surface area contributed by atoms with Crippen molar-refractivity contribution in [3.8, 4) is 17.2 Å². The number of likely N-dealkylation sites (tertiary alicyclic amines) is 1. The van der Waals surface area contributed by atoms with Gasteiger partial charge in [0.05, 0.1) is 5.92 Å². The molecule has 0 bridgehead atoms. The summed E-state index contributed by atoms with van der Waals surface area (Å²) in [4.78, 5) is 29.9. The standard InChI is InChI=1S/C19H18N4O2/c20-11-17-16(7-2-8-22-17)13-4-1-5-14(10-13)19(25)23-9-3-6-15(12-23)18(21)24/h1-2,4-5,7-8,10,15H,3,6,9,12H2,(H2,21,24)/t15-/m1/s1. The van der Waals surface area contributed by atoms with E-state index >= 15 is 0 Å². The number of piperidine rings is 1. The number of nitrogens with two attached hydrogens (primary N) is 1. The van der Waals surface area contributed by atoms with Crippen LogP contribution in [0, 0.1) is 17.2 Å². The van der Waals surface area contributed by atoms with Crippen LogP contribution in [0.15, 0.2) is 42.6 Å². The Kier molecular flexibility index (Phi) is 4.75. The van der Waals surface area contributed by atoms with Gasteiger partial charge in [0.15, 0.2) is 0 Å². The molecule has 3 rings (SSSR count).